The van der Waals surface area contributed by atoms with E-state index in [0.717, 1.165) is 37.4 Å². The molecule has 0 radical (unpaired) electrons. The molecular weight excluding hydrogens is 313 g/mol. The molecule has 1 aliphatic heterocycles. The second kappa shape index (κ2) is 6.96. The first-order valence-electron chi connectivity index (χ1n) is 9.06. The molecule has 1 atom stereocenters. The summed E-state index contributed by atoms with van der Waals surface area (Å²) < 4.78 is 15.3. The second-order valence-corrected chi connectivity index (χ2v) is 7.15. The van der Waals surface area contributed by atoms with E-state index in [-0.39, 0.29) is 5.82 Å². The van der Waals surface area contributed by atoms with E-state index in [1.807, 2.05) is 18.2 Å². The van der Waals surface area contributed by atoms with Crippen molar-refractivity contribution >= 4 is 11.0 Å². The number of hydrogen-bond donors (Lipinski definition) is 0. The van der Waals surface area contributed by atoms with Crippen molar-refractivity contribution in [1.29, 1.82) is 0 Å². The molecule has 1 fully saturated rings. The third-order valence-corrected chi connectivity index (χ3v) is 5.29. The van der Waals surface area contributed by atoms with Crippen LogP contribution < -0.4 is 0 Å². The molecule has 0 N–H and O–H groups in total. The highest BCUT2D eigenvalue weighted by Crippen LogP contribution is 2.23. The second-order valence-electron chi connectivity index (χ2n) is 7.15. The van der Waals surface area contributed by atoms with Gasteiger partial charge in [-0.1, -0.05) is 24.3 Å². The minimum absolute atomic E-state index is 0.157. The lowest BCUT2D eigenvalue weighted by atomic mass is 9.91. The van der Waals surface area contributed by atoms with Crippen molar-refractivity contribution in [2.45, 2.75) is 25.8 Å². The molecule has 4 rings (SSSR count). The number of fused-ring (bicyclic) bond motifs is 1. The molecule has 3 aromatic rings. The molecule has 1 unspecified atom stereocenters. The molecule has 0 saturated carbocycles. The molecule has 3 nitrogen and oxygen atoms in total. The SMILES string of the molecule is Cn1c(CN2CCCC(Cc3ccc(F)cc3)C2)nc2ccccc21. The fourth-order valence-electron chi connectivity index (χ4n) is 3.95. The van der Waals surface area contributed by atoms with Crippen molar-refractivity contribution in [3.63, 3.8) is 0 Å². The number of rotatable bonds is 4. The Labute approximate surface area is 148 Å². The first-order chi connectivity index (χ1) is 12.2. The largest absolute Gasteiger partial charge is 0.330 e. The number of benzene rings is 2. The zero-order valence-corrected chi connectivity index (χ0v) is 14.7. The number of aromatic nitrogens is 2. The van der Waals surface area contributed by atoms with Crippen LogP contribution in [0.2, 0.25) is 0 Å². The van der Waals surface area contributed by atoms with Gasteiger partial charge in [0.05, 0.1) is 17.6 Å². The van der Waals surface area contributed by atoms with Crippen molar-refractivity contribution in [3.05, 3.63) is 65.7 Å². The van der Waals surface area contributed by atoms with Crippen LogP contribution in [0.15, 0.2) is 48.5 Å². The zero-order chi connectivity index (χ0) is 17.2. The van der Waals surface area contributed by atoms with Gasteiger partial charge in [0.1, 0.15) is 11.6 Å². The molecule has 4 heteroatoms. The minimum atomic E-state index is -0.157. The number of piperidine rings is 1. The van der Waals surface area contributed by atoms with Gasteiger partial charge < -0.3 is 4.57 Å². The fourth-order valence-corrected chi connectivity index (χ4v) is 3.95. The summed E-state index contributed by atoms with van der Waals surface area (Å²) in [5.41, 5.74) is 3.49. The van der Waals surface area contributed by atoms with Crippen molar-refractivity contribution < 1.29 is 4.39 Å². The molecule has 0 aliphatic carbocycles. The maximum Gasteiger partial charge on any atom is 0.123 e. The van der Waals surface area contributed by atoms with Crippen LogP contribution in [0.4, 0.5) is 4.39 Å². The van der Waals surface area contributed by atoms with Gasteiger partial charge in [0, 0.05) is 13.6 Å². The van der Waals surface area contributed by atoms with E-state index < -0.39 is 0 Å². The van der Waals surface area contributed by atoms with Crippen molar-refractivity contribution in [2.75, 3.05) is 13.1 Å². The summed E-state index contributed by atoms with van der Waals surface area (Å²) in [4.78, 5) is 7.32. The highest BCUT2D eigenvalue weighted by atomic mass is 19.1. The van der Waals surface area contributed by atoms with Gasteiger partial charge in [-0.25, -0.2) is 9.37 Å². The summed E-state index contributed by atoms with van der Waals surface area (Å²) in [6, 6.07) is 15.3. The molecule has 1 saturated heterocycles. The van der Waals surface area contributed by atoms with Crippen LogP contribution in [0.25, 0.3) is 11.0 Å². The maximum absolute atomic E-state index is 13.1. The zero-order valence-electron chi connectivity index (χ0n) is 14.7. The number of hydrogen-bond acceptors (Lipinski definition) is 2. The predicted octanol–water partition coefficient (Wildman–Crippen LogP) is 4.17. The highest BCUT2D eigenvalue weighted by molar-refractivity contribution is 5.75. The summed E-state index contributed by atoms with van der Waals surface area (Å²) in [6.07, 6.45) is 3.49. The number of imidazole rings is 1. The van der Waals surface area contributed by atoms with Crippen molar-refractivity contribution in [1.82, 2.24) is 14.5 Å². The van der Waals surface area contributed by atoms with Crippen molar-refractivity contribution in [3.8, 4) is 0 Å². The van der Waals surface area contributed by atoms with Gasteiger partial charge in [-0.15, -0.1) is 0 Å². The highest BCUT2D eigenvalue weighted by Gasteiger charge is 2.21. The van der Waals surface area contributed by atoms with Crippen LogP contribution in [0.1, 0.15) is 24.2 Å². The van der Waals surface area contributed by atoms with Gasteiger partial charge in [0.2, 0.25) is 0 Å². The molecule has 2 heterocycles. The Kier molecular flexibility index (Phi) is 4.53. The van der Waals surface area contributed by atoms with Crippen molar-refractivity contribution in [2.24, 2.45) is 13.0 Å². The van der Waals surface area contributed by atoms with Crippen LogP contribution in [-0.2, 0) is 20.0 Å². The van der Waals surface area contributed by atoms with Gasteiger partial charge >= 0.3 is 0 Å². The fraction of sp³-hybridized carbons (Fsp3) is 0.381. The third-order valence-electron chi connectivity index (χ3n) is 5.29. The predicted molar refractivity (Wildman–Crippen MR) is 98.8 cm³/mol. The molecule has 0 bridgehead atoms. The van der Waals surface area contributed by atoms with E-state index in [1.54, 1.807) is 12.1 Å². The maximum atomic E-state index is 13.1. The first kappa shape index (κ1) is 16.3. The lowest BCUT2D eigenvalue weighted by Gasteiger charge is -2.32. The Balaban J connectivity index is 1.43. The molecule has 1 aliphatic rings. The van der Waals surface area contributed by atoms with Gasteiger partial charge in [-0.3, -0.25) is 4.90 Å². The number of halogens is 1. The summed E-state index contributed by atoms with van der Waals surface area (Å²) in [5.74, 6) is 1.60. The lowest BCUT2D eigenvalue weighted by molar-refractivity contribution is 0.162. The van der Waals surface area contributed by atoms with E-state index in [2.05, 4.69) is 34.7 Å². The third kappa shape index (κ3) is 3.59. The summed E-state index contributed by atoms with van der Waals surface area (Å²) in [6.45, 7) is 3.11. The number of para-hydroxylation sites is 2. The van der Waals surface area contributed by atoms with Gasteiger partial charge in [-0.2, -0.15) is 0 Å². The molecule has 1 aromatic heterocycles. The van der Waals surface area contributed by atoms with Crippen LogP contribution in [0.5, 0.6) is 0 Å². The van der Waals surface area contributed by atoms with Gasteiger partial charge in [0.15, 0.2) is 0 Å². The first-order valence-corrected chi connectivity index (χ1v) is 9.06. The van der Waals surface area contributed by atoms with Crippen LogP contribution in [-0.4, -0.2) is 27.5 Å². The summed E-state index contributed by atoms with van der Waals surface area (Å²) in [7, 11) is 2.10. The molecular formula is C21H24FN3. The van der Waals surface area contributed by atoms with Gasteiger partial charge in [0.25, 0.3) is 0 Å². The standard InChI is InChI=1S/C21H24FN3/c1-24-20-7-3-2-6-19(20)23-21(24)15-25-12-4-5-17(14-25)13-16-8-10-18(22)11-9-16/h2-3,6-11,17H,4-5,12-15H2,1H3. The Hall–Kier alpha value is -2.20. The van der Waals surface area contributed by atoms with Crippen LogP contribution in [0.3, 0.4) is 0 Å². The Morgan fingerprint density at radius 2 is 1.92 bits per heavy atom. The Morgan fingerprint density at radius 1 is 1.12 bits per heavy atom. The monoisotopic (exact) mass is 337 g/mol. The molecule has 0 amide bonds. The van der Waals surface area contributed by atoms with E-state index >= 15 is 0 Å². The number of likely N-dealkylation sites (tertiary alicyclic amines) is 1. The van der Waals surface area contributed by atoms with Crippen LogP contribution >= 0.6 is 0 Å². The summed E-state index contributed by atoms with van der Waals surface area (Å²) in [5, 5.41) is 0. The number of aryl methyl sites for hydroxylation is 1. The lowest BCUT2D eigenvalue weighted by Crippen LogP contribution is -2.36. The molecule has 2 aromatic carbocycles. The minimum Gasteiger partial charge on any atom is -0.330 e. The van der Waals surface area contributed by atoms with Crippen LogP contribution in [0, 0.1) is 11.7 Å². The normalized spacial score (nSPS) is 18.7. The Morgan fingerprint density at radius 3 is 2.72 bits per heavy atom. The number of nitrogens with zero attached hydrogens (tertiary/aromatic N) is 3. The van der Waals surface area contributed by atoms with Gasteiger partial charge in [-0.05, 0) is 61.6 Å². The van der Waals surface area contributed by atoms with E-state index in [4.69, 9.17) is 4.98 Å². The Bertz CT molecular complexity index is 853. The van der Waals surface area contributed by atoms with E-state index in [9.17, 15) is 4.39 Å². The smallest absolute Gasteiger partial charge is 0.123 e. The topological polar surface area (TPSA) is 21.1 Å². The van der Waals surface area contributed by atoms with E-state index in [0.29, 0.717) is 5.92 Å². The molecule has 0 spiro atoms. The average molecular weight is 337 g/mol. The molecule has 130 valence electrons. The average Bonchev–Trinajstić information content (AvgIpc) is 2.94. The summed E-state index contributed by atoms with van der Waals surface area (Å²) >= 11 is 0. The van der Waals surface area contributed by atoms with E-state index in [1.165, 1.54) is 23.9 Å². The quantitative estimate of drug-likeness (QED) is 0.712. The molecule has 25 heavy (non-hydrogen) atoms.